The van der Waals surface area contributed by atoms with E-state index in [0.29, 0.717) is 17.7 Å². The fourth-order valence-corrected chi connectivity index (χ4v) is 4.05. The molecule has 2 aliphatic rings. The average Bonchev–Trinajstić information content (AvgIpc) is 2.68. The Kier molecular flexibility index (Phi) is 5.09. The summed E-state index contributed by atoms with van der Waals surface area (Å²) in [6, 6.07) is 14.3. The van der Waals surface area contributed by atoms with E-state index < -0.39 is 11.2 Å². The molecule has 2 aliphatic heterocycles. The Labute approximate surface area is 169 Å². The van der Waals surface area contributed by atoms with Crippen molar-refractivity contribution in [3.8, 4) is 11.5 Å². The van der Waals surface area contributed by atoms with Gasteiger partial charge < -0.3 is 4.57 Å². The molecule has 0 amide bonds. The Morgan fingerprint density at radius 1 is 1.11 bits per heavy atom. The van der Waals surface area contributed by atoms with Crippen LogP contribution >= 0.6 is 15.9 Å². The Hall–Kier alpha value is -2.80. The first-order valence-corrected chi connectivity index (χ1v) is 10.2. The third kappa shape index (κ3) is 3.49. The van der Waals surface area contributed by atoms with Gasteiger partial charge in [-0.3, -0.25) is 9.78 Å². The van der Waals surface area contributed by atoms with Crippen molar-refractivity contribution in [2.45, 2.75) is 31.6 Å². The molecule has 0 saturated carbocycles. The lowest BCUT2D eigenvalue weighted by Gasteiger charge is -2.18. The molecule has 6 nitrogen and oxygen atoms in total. The number of aromatic nitrogens is 4. The summed E-state index contributed by atoms with van der Waals surface area (Å²) in [5.41, 5.74) is 4.11. The van der Waals surface area contributed by atoms with E-state index in [-0.39, 0.29) is 5.69 Å². The van der Waals surface area contributed by atoms with Crippen LogP contribution in [0.3, 0.4) is 0 Å². The Balaban J connectivity index is 1.86. The molecule has 0 atom stereocenters. The van der Waals surface area contributed by atoms with Crippen LogP contribution in [0.1, 0.15) is 23.1 Å². The number of hydrogen-bond acceptors (Lipinski definition) is 4. The zero-order chi connectivity index (χ0) is 19.7. The molecule has 0 aliphatic carbocycles. The highest BCUT2D eigenvalue weighted by molar-refractivity contribution is 9.08. The van der Waals surface area contributed by atoms with Crippen LogP contribution in [0.15, 0.2) is 52.1 Å². The van der Waals surface area contributed by atoms with Crippen molar-refractivity contribution in [3.05, 3.63) is 80.0 Å². The van der Waals surface area contributed by atoms with E-state index in [4.69, 9.17) is 0 Å². The molecule has 0 spiro atoms. The van der Waals surface area contributed by atoms with E-state index in [2.05, 4.69) is 49.1 Å². The Bertz CT molecular complexity index is 1230. The monoisotopic (exact) mass is 438 g/mol. The number of benzene rings is 2. The Morgan fingerprint density at radius 2 is 1.89 bits per heavy atom. The summed E-state index contributed by atoms with van der Waals surface area (Å²) in [4.78, 5) is 35.0. The number of halogens is 1. The Morgan fingerprint density at radius 3 is 2.64 bits per heavy atom. The summed E-state index contributed by atoms with van der Waals surface area (Å²) in [6.07, 6.45) is 1.74. The molecule has 0 fully saturated rings. The highest BCUT2D eigenvalue weighted by Gasteiger charge is 2.19. The van der Waals surface area contributed by atoms with Crippen LogP contribution in [-0.4, -0.2) is 19.5 Å². The normalized spacial score (nSPS) is 11.4. The minimum absolute atomic E-state index is 0.192. The summed E-state index contributed by atoms with van der Waals surface area (Å²) in [5, 5.41) is 0.715. The summed E-state index contributed by atoms with van der Waals surface area (Å²) in [5.74, 6) is 0.332. The first kappa shape index (κ1) is 18.6. The van der Waals surface area contributed by atoms with Gasteiger partial charge in [-0.2, -0.15) is 4.98 Å². The molecule has 142 valence electrons. The minimum Gasteiger partial charge on any atom is -0.322 e. The van der Waals surface area contributed by atoms with Crippen LogP contribution in [0.5, 0.6) is 0 Å². The third-order valence-corrected chi connectivity index (χ3v) is 5.50. The van der Waals surface area contributed by atoms with Gasteiger partial charge in [-0.25, -0.2) is 9.78 Å². The van der Waals surface area contributed by atoms with Gasteiger partial charge in [-0.05, 0) is 48.6 Å². The van der Waals surface area contributed by atoms with Gasteiger partial charge in [-0.15, -0.1) is 0 Å². The van der Waals surface area contributed by atoms with E-state index in [0.717, 1.165) is 35.0 Å². The van der Waals surface area contributed by atoms with Crippen molar-refractivity contribution in [1.82, 2.24) is 19.5 Å². The zero-order valence-electron chi connectivity index (χ0n) is 15.4. The van der Waals surface area contributed by atoms with E-state index in [9.17, 15) is 9.59 Å². The predicted octanol–water partition coefficient (Wildman–Crippen LogP) is 3.42. The molecular formula is C21H19BrN4O2. The summed E-state index contributed by atoms with van der Waals surface area (Å²) in [7, 11) is 0. The molecule has 0 aromatic heterocycles. The van der Waals surface area contributed by atoms with Crippen molar-refractivity contribution in [2.24, 2.45) is 0 Å². The second-order valence-corrected chi connectivity index (χ2v) is 7.36. The van der Waals surface area contributed by atoms with Gasteiger partial charge in [0.2, 0.25) is 0 Å². The highest BCUT2D eigenvalue weighted by Crippen LogP contribution is 2.25. The van der Waals surface area contributed by atoms with Crippen LogP contribution < -0.4 is 11.2 Å². The van der Waals surface area contributed by atoms with Gasteiger partial charge in [0.25, 0.3) is 5.56 Å². The van der Waals surface area contributed by atoms with Crippen molar-refractivity contribution in [1.29, 1.82) is 0 Å². The van der Waals surface area contributed by atoms with Crippen molar-refractivity contribution >= 4 is 27.0 Å². The lowest BCUT2D eigenvalue weighted by Crippen LogP contribution is -2.29. The number of hydrogen-bond donors (Lipinski definition) is 1. The van der Waals surface area contributed by atoms with E-state index in [1.165, 1.54) is 5.56 Å². The smallest absolute Gasteiger partial charge is 0.322 e. The zero-order valence-corrected chi connectivity index (χ0v) is 17.0. The molecule has 1 N–H and O–H groups in total. The molecule has 28 heavy (non-hydrogen) atoms. The topological polar surface area (TPSA) is 80.6 Å². The summed E-state index contributed by atoms with van der Waals surface area (Å²) < 4.78 is 1.95. The molecular weight excluding hydrogens is 420 g/mol. The minimum atomic E-state index is -0.650. The molecule has 4 rings (SSSR count). The predicted molar refractivity (Wildman–Crippen MR) is 113 cm³/mol. The van der Waals surface area contributed by atoms with Crippen molar-refractivity contribution in [2.75, 3.05) is 0 Å². The number of fused-ring (bicyclic) bond motifs is 2. The largest absolute Gasteiger partial charge is 0.349 e. The molecule has 0 bridgehead atoms. The third-order valence-electron chi connectivity index (χ3n) is 4.90. The number of H-pyrrole nitrogens is 1. The fraction of sp³-hybridized carbons (Fsp3) is 0.238. The first-order chi connectivity index (χ1) is 13.6. The average molecular weight is 439 g/mol. The van der Waals surface area contributed by atoms with E-state index >= 15 is 0 Å². The fourth-order valence-electron chi connectivity index (χ4n) is 3.45. The number of nitrogens with one attached hydrogen (secondary N) is 1. The maximum Gasteiger partial charge on any atom is 0.349 e. The molecule has 0 saturated heterocycles. The van der Waals surface area contributed by atoms with Gasteiger partial charge in [0.15, 0.2) is 11.5 Å². The highest BCUT2D eigenvalue weighted by atomic mass is 79.9. The van der Waals surface area contributed by atoms with Gasteiger partial charge in [0.1, 0.15) is 0 Å². The molecule has 2 aromatic carbocycles. The van der Waals surface area contributed by atoms with Gasteiger partial charge in [0.05, 0.1) is 11.0 Å². The van der Waals surface area contributed by atoms with E-state index in [1.807, 2.05) is 35.8 Å². The van der Waals surface area contributed by atoms with Gasteiger partial charge in [0, 0.05) is 11.9 Å². The maximum absolute atomic E-state index is 12.3. The molecule has 7 heteroatoms. The van der Waals surface area contributed by atoms with Crippen LogP contribution in [0.4, 0.5) is 0 Å². The summed E-state index contributed by atoms with van der Waals surface area (Å²) in [6.45, 7) is 2.65. The van der Waals surface area contributed by atoms with Crippen LogP contribution in [-0.2, 0) is 18.3 Å². The van der Waals surface area contributed by atoms with Crippen LogP contribution in [0, 0.1) is 6.92 Å². The quantitative estimate of drug-likeness (QED) is 0.382. The lowest BCUT2D eigenvalue weighted by molar-refractivity contribution is 0.648. The van der Waals surface area contributed by atoms with Crippen molar-refractivity contribution in [3.63, 3.8) is 0 Å². The molecule has 2 heterocycles. The number of alkyl halides is 1. The van der Waals surface area contributed by atoms with Gasteiger partial charge >= 0.3 is 5.69 Å². The maximum atomic E-state index is 12.3. The van der Waals surface area contributed by atoms with Crippen LogP contribution in [0.2, 0.25) is 0 Å². The number of aryl methyl sites for hydroxylation is 3. The molecule has 2 aromatic rings. The lowest BCUT2D eigenvalue weighted by atomic mass is 10.1. The SMILES string of the molecule is Cc1cc2nc3c(=O)[nH]c(=O)nc-3n(CCCc3ccccc3)c2cc1CBr. The summed E-state index contributed by atoms with van der Waals surface area (Å²) >= 11 is 3.52. The van der Waals surface area contributed by atoms with Crippen molar-refractivity contribution < 1.29 is 0 Å². The standard InChI is InChI=1S/C21H19BrN4O2/c1-13-10-16-17(11-15(13)12-22)26(9-5-8-14-6-3-2-4-7-14)19-18(23-16)20(27)25-21(28)24-19/h2-4,6-7,10-11H,5,8-9,12H2,1H3,(H,25,27,28). The number of rotatable bonds is 5. The first-order valence-electron chi connectivity index (χ1n) is 9.11. The van der Waals surface area contributed by atoms with E-state index in [1.54, 1.807) is 0 Å². The number of aromatic amines is 1. The second-order valence-electron chi connectivity index (χ2n) is 6.80. The number of nitrogens with zero attached hydrogens (tertiary/aromatic N) is 3. The molecule has 0 unspecified atom stereocenters. The molecule has 0 radical (unpaired) electrons. The van der Waals surface area contributed by atoms with Crippen LogP contribution in [0.25, 0.3) is 22.6 Å². The second kappa shape index (κ2) is 7.67. The van der Waals surface area contributed by atoms with Gasteiger partial charge in [-0.1, -0.05) is 46.3 Å².